The van der Waals surface area contributed by atoms with Gasteiger partial charge in [-0.05, 0) is 67.2 Å². The molecule has 0 radical (unpaired) electrons. The molecule has 0 heterocycles. The Morgan fingerprint density at radius 1 is 1.33 bits per heavy atom. The van der Waals surface area contributed by atoms with Crippen molar-refractivity contribution in [3.05, 3.63) is 28.2 Å². The van der Waals surface area contributed by atoms with Gasteiger partial charge in [0, 0.05) is 16.9 Å². The molecule has 132 valence electrons. The van der Waals surface area contributed by atoms with E-state index in [0.717, 1.165) is 12.8 Å². The van der Waals surface area contributed by atoms with Crippen molar-refractivity contribution in [3.63, 3.8) is 0 Å². The number of benzene rings is 1. The molecule has 0 saturated heterocycles. The van der Waals surface area contributed by atoms with Crippen molar-refractivity contribution >= 4 is 37.7 Å². The zero-order valence-corrected chi connectivity index (χ0v) is 15.9. The molecule has 24 heavy (non-hydrogen) atoms. The second kappa shape index (κ2) is 7.76. The van der Waals surface area contributed by atoms with Gasteiger partial charge in [-0.3, -0.25) is 4.79 Å². The summed E-state index contributed by atoms with van der Waals surface area (Å²) in [4.78, 5) is 24.1. The van der Waals surface area contributed by atoms with Crippen LogP contribution in [0.15, 0.2) is 27.6 Å². The van der Waals surface area contributed by atoms with Gasteiger partial charge in [0.15, 0.2) is 11.9 Å². The van der Waals surface area contributed by atoms with E-state index >= 15 is 0 Å². The van der Waals surface area contributed by atoms with Gasteiger partial charge in [-0.1, -0.05) is 0 Å². The summed E-state index contributed by atoms with van der Waals surface area (Å²) in [5.41, 5.74) is 0.0833. The highest BCUT2D eigenvalue weighted by atomic mass is 79.9. The number of nitrogens with one attached hydrogen (secondary N) is 1. The van der Waals surface area contributed by atoms with Crippen LogP contribution in [0.25, 0.3) is 0 Å². The molecule has 1 aromatic carbocycles. The Morgan fingerprint density at radius 2 is 2.04 bits per heavy atom. The summed E-state index contributed by atoms with van der Waals surface area (Å²) in [6, 6.07) is 3.87. The van der Waals surface area contributed by atoms with E-state index in [0.29, 0.717) is 17.3 Å². The molecule has 8 heteroatoms. The Morgan fingerprint density at radius 3 is 2.67 bits per heavy atom. The van der Waals surface area contributed by atoms with Crippen LogP contribution in [0.2, 0.25) is 0 Å². The minimum absolute atomic E-state index is 0.0266. The fraction of sp³-hybridized carbons (Fsp3) is 0.500. The van der Waals surface area contributed by atoms with Gasteiger partial charge in [0.2, 0.25) is 10.0 Å². The highest BCUT2D eigenvalue weighted by molar-refractivity contribution is 9.10. The van der Waals surface area contributed by atoms with Gasteiger partial charge in [0.05, 0.1) is 10.5 Å². The summed E-state index contributed by atoms with van der Waals surface area (Å²) in [6.45, 7) is 3.42. The van der Waals surface area contributed by atoms with Crippen LogP contribution in [0.1, 0.15) is 49.9 Å². The van der Waals surface area contributed by atoms with Gasteiger partial charge in [-0.25, -0.2) is 17.9 Å². The van der Waals surface area contributed by atoms with E-state index in [9.17, 15) is 18.0 Å². The number of ketones is 1. The van der Waals surface area contributed by atoms with Crippen molar-refractivity contribution in [1.29, 1.82) is 0 Å². The molecule has 0 aromatic heterocycles. The lowest BCUT2D eigenvalue weighted by molar-refractivity contribution is -0.129. The molecule has 1 aromatic rings. The van der Waals surface area contributed by atoms with E-state index in [1.807, 2.05) is 0 Å². The second-order valence-electron chi connectivity index (χ2n) is 6.02. The molecule has 1 aliphatic rings. The first-order chi connectivity index (χ1) is 11.2. The number of hydrogen-bond acceptors (Lipinski definition) is 5. The van der Waals surface area contributed by atoms with Crippen LogP contribution in [-0.4, -0.2) is 32.3 Å². The van der Waals surface area contributed by atoms with E-state index < -0.39 is 22.1 Å². The van der Waals surface area contributed by atoms with Crippen molar-refractivity contribution in [2.75, 3.05) is 0 Å². The number of carbonyl (C=O) groups is 2. The highest BCUT2D eigenvalue weighted by Crippen LogP contribution is 2.24. The van der Waals surface area contributed by atoms with E-state index in [1.165, 1.54) is 18.2 Å². The van der Waals surface area contributed by atoms with Crippen LogP contribution in [0, 0.1) is 0 Å². The van der Waals surface area contributed by atoms with E-state index in [1.54, 1.807) is 13.8 Å². The Kier molecular flexibility index (Phi) is 6.17. The number of esters is 1. The zero-order chi connectivity index (χ0) is 17.9. The first kappa shape index (κ1) is 19.1. The van der Waals surface area contributed by atoms with Gasteiger partial charge < -0.3 is 4.74 Å². The number of rotatable bonds is 5. The Balaban J connectivity index is 2.25. The number of sulfonamides is 1. The lowest BCUT2D eigenvalue weighted by Crippen LogP contribution is -2.31. The maximum atomic E-state index is 12.4. The number of ether oxygens (including phenoxy) is 1. The largest absolute Gasteiger partial charge is 0.451 e. The molecule has 0 aliphatic heterocycles. The van der Waals surface area contributed by atoms with Crippen molar-refractivity contribution in [2.24, 2.45) is 0 Å². The van der Waals surface area contributed by atoms with E-state index in [4.69, 9.17) is 4.74 Å². The fourth-order valence-corrected chi connectivity index (χ4v) is 4.16. The maximum Gasteiger partial charge on any atom is 0.340 e. The van der Waals surface area contributed by atoms with Gasteiger partial charge in [-0.15, -0.1) is 0 Å². The first-order valence-electron chi connectivity index (χ1n) is 7.76. The molecule has 0 bridgehead atoms. The molecule has 1 aliphatic carbocycles. The molecular formula is C16H20BrNO5S. The smallest absolute Gasteiger partial charge is 0.340 e. The third-order valence-corrected chi connectivity index (χ3v) is 5.95. The van der Waals surface area contributed by atoms with Crippen LogP contribution in [0.4, 0.5) is 0 Å². The number of Topliss-reactive ketones (excluding diaryl/α,β-unsaturated/α-hetero) is 1. The number of carbonyl (C=O) groups excluding carboxylic acids is 2. The lowest BCUT2D eigenvalue weighted by Gasteiger charge is -2.21. The Labute approximate surface area is 150 Å². The number of hydrogen-bond donors (Lipinski definition) is 1. The first-order valence-corrected chi connectivity index (χ1v) is 10.0. The average Bonchev–Trinajstić information content (AvgIpc) is 2.48. The summed E-state index contributed by atoms with van der Waals surface area (Å²) in [6.07, 6.45) is 1.82. The van der Waals surface area contributed by atoms with E-state index in [2.05, 4.69) is 20.7 Å². The summed E-state index contributed by atoms with van der Waals surface area (Å²) in [5.74, 6) is -0.792. The van der Waals surface area contributed by atoms with Crippen LogP contribution >= 0.6 is 15.9 Å². The van der Waals surface area contributed by atoms with Crippen LogP contribution in [0.3, 0.4) is 0 Å². The molecule has 6 nitrogen and oxygen atoms in total. The Bertz CT molecular complexity index is 745. The molecular weight excluding hydrogens is 398 g/mol. The molecule has 1 saturated carbocycles. The minimum atomic E-state index is -3.72. The minimum Gasteiger partial charge on any atom is -0.451 e. The molecule has 0 amide bonds. The summed E-state index contributed by atoms with van der Waals surface area (Å²) < 4.78 is 32.6. The quantitative estimate of drug-likeness (QED) is 0.743. The third kappa shape index (κ3) is 4.64. The van der Waals surface area contributed by atoms with Crippen LogP contribution in [0.5, 0.6) is 0 Å². The highest BCUT2D eigenvalue weighted by Gasteiger charge is 2.28. The second-order valence-corrected chi connectivity index (χ2v) is 8.59. The third-order valence-electron chi connectivity index (χ3n) is 3.61. The monoisotopic (exact) mass is 417 g/mol. The molecule has 2 rings (SSSR count). The van der Waals surface area contributed by atoms with Crippen LogP contribution in [-0.2, 0) is 19.6 Å². The van der Waals surface area contributed by atoms with Gasteiger partial charge in [-0.2, -0.15) is 0 Å². The summed E-state index contributed by atoms with van der Waals surface area (Å²) in [5, 5.41) is 0. The molecule has 1 N–H and O–H groups in total. The van der Waals surface area contributed by atoms with Gasteiger partial charge in [0.1, 0.15) is 0 Å². The molecule has 0 spiro atoms. The zero-order valence-electron chi connectivity index (χ0n) is 13.5. The molecule has 0 unspecified atom stereocenters. The van der Waals surface area contributed by atoms with Gasteiger partial charge in [0.25, 0.3) is 0 Å². The van der Waals surface area contributed by atoms with Crippen molar-refractivity contribution in [3.8, 4) is 0 Å². The van der Waals surface area contributed by atoms with Crippen molar-refractivity contribution in [1.82, 2.24) is 4.72 Å². The predicted molar refractivity (Wildman–Crippen MR) is 92.3 cm³/mol. The van der Waals surface area contributed by atoms with Gasteiger partial charge >= 0.3 is 5.97 Å². The van der Waals surface area contributed by atoms with Crippen molar-refractivity contribution < 1.29 is 22.7 Å². The van der Waals surface area contributed by atoms with Crippen LogP contribution < -0.4 is 4.72 Å². The lowest BCUT2D eigenvalue weighted by atomic mass is 9.96. The topological polar surface area (TPSA) is 89.5 Å². The summed E-state index contributed by atoms with van der Waals surface area (Å²) >= 11 is 3.23. The number of halogens is 1. The molecule has 1 atom stereocenters. The molecule has 1 fully saturated rings. The maximum absolute atomic E-state index is 12.4. The van der Waals surface area contributed by atoms with E-state index in [-0.39, 0.29) is 22.3 Å². The standard InChI is InChI=1S/C16H20BrNO5S/c1-10(2)18-24(21,22)11-7-8-13(17)12(9-11)16(20)23-15-6-4-3-5-14(15)19/h7-10,15,18H,3-6H2,1-2H3/t15-/m0/s1. The fourth-order valence-electron chi connectivity index (χ4n) is 2.47. The summed E-state index contributed by atoms with van der Waals surface area (Å²) in [7, 11) is -3.72. The SMILES string of the molecule is CC(C)NS(=O)(=O)c1ccc(Br)c(C(=O)O[C@H]2CCCCC2=O)c1. The normalized spacial score (nSPS) is 18.7. The predicted octanol–water partition coefficient (Wildman–Crippen LogP) is 2.80. The average molecular weight is 418 g/mol. The van der Waals surface area contributed by atoms with Crippen molar-refractivity contribution in [2.45, 2.75) is 56.6 Å². The Hall–Kier alpha value is -1.25.